The van der Waals surface area contributed by atoms with Gasteiger partial charge in [0.2, 0.25) is 5.82 Å². The highest BCUT2D eigenvalue weighted by Gasteiger charge is 2.18. The van der Waals surface area contributed by atoms with Crippen LogP contribution in [0.15, 0.2) is 47.1 Å². The lowest BCUT2D eigenvalue weighted by Crippen LogP contribution is -2.20. The van der Waals surface area contributed by atoms with Crippen LogP contribution < -0.4 is 19.5 Å². The number of carbonyl (C=O) groups is 1. The fourth-order valence-electron chi connectivity index (χ4n) is 2.53. The molecule has 0 saturated carbocycles. The van der Waals surface area contributed by atoms with Crippen molar-refractivity contribution in [3.63, 3.8) is 0 Å². The highest BCUT2D eigenvalue weighted by Crippen LogP contribution is 2.34. The first-order valence-corrected chi connectivity index (χ1v) is 9.39. The molecule has 3 aromatic rings. The molecule has 1 heterocycles. The standard InChI is InChI=1S/C20H20ClN3O5/c1-3-26-16-10-9-13(11-17(16)27-4-2)19-20(24-29-23-19)22-18(25)12-28-15-8-6-5-7-14(15)21/h5-11H,3-4,12H2,1-2H3,(H,22,24,25). The predicted octanol–water partition coefficient (Wildman–Crippen LogP) is 4.20. The summed E-state index contributed by atoms with van der Waals surface area (Å²) in [5.74, 6) is 1.33. The minimum Gasteiger partial charge on any atom is -0.490 e. The first kappa shape index (κ1) is 20.5. The van der Waals surface area contributed by atoms with E-state index in [0.717, 1.165) is 0 Å². The van der Waals surface area contributed by atoms with E-state index in [1.807, 2.05) is 13.8 Å². The second kappa shape index (κ2) is 9.79. The van der Waals surface area contributed by atoms with Gasteiger partial charge in [-0.2, -0.15) is 0 Å². The molecule has 0 aliphatic rings. The number of carbonyl (C=O) groups excluding carboxylic acids is 1. The number of ether oxygens (including phenoxy) is 3. The molecule has 0 bridgehead atoms. The molecule has 1 aromatic heterocycles. The summed E-state index contributed by atoms with van der Waals surface area (Å²) in [4.78, 5) is 12.3. The van der Waals surface area contributed by atoms with Gasteiger partial charge in [0.1, 0.15) is 5.75 Å². The molecule has 9 heteroatoms. The summed E-state index contributed by atoms with van der Waals surface area (Å²) in [6, 6.07) is 12.2. The molecule has 0 radical (unpaired) electrons. The molecule has 0 saturated heterocycles. The highest BCUT2D eigenvalue weighted by molar-refractivity contribution is 6.32. The number of benzene rings is 2. The molecule has 0 aliphatic carbocycles. The Morgan fingerprint density at radius 2 is 1.76 bits per heavy atom. The van der Waals surface area contributed by atoms with Crippen molar-refractivity contribution in [1.82, 2.24) is 10.3 Å². The molecule has 1 N–H and O–H groups in total. The summed E-state index contributed by atoms with van der Waals surface area (Å²) < 4.78 is 21.4. The van der Waals surface area contributed by atoms with Crippen molar-refractivity contribution in [3.05, 3.63) is 47.5 Å². The van der Waals surface area contributed by atoms with Gasteiger partial charge in [-0.1, -0.05) is 23.7 Å². The third-order valence-electron chi connectivity index (χ3n) is 3.76. The van der Waals surface area contributed by atoms with Gasteiger partial charge in [-0.25, -0.2) is 4.63 Å². The minimum absolute atomic E-state index is 0.171. The van der Waals surface area contributed by atoms with E-state index in [4.69, 9.17) is 30.4 Å². The number of hydrogen-bond acceptors (Lipinski definition) is 7. The topological polar surface area (TPSA) is 95.7 Å². The van der Waals surface area contributed by atoms with Crippen LogP contribution in [-0.2, 0) is 4.79 Å². The molecule has 0 atom stereocenters. The first-order chi connectivity index (χ1) is 14.1. The van der Waals surface area contributed by atoms with Crippen molar-refractivity contribution in [3.8, 4) is 28.5 Å². The smallest absolute Gasteiger partial charge is 0.263 e. The molecule has 0 aliphatic heterocycles. The van der Waals surface area contributed by atoms with E-state index in [1.54, 1.807) is 42.5 Å². The highest BCUT2D eigenvalue weighted by atomic mass is 35.5. The SMILES string of the molecule is CCOc1ccc(-c2nonc2NC(=O)COc2ccccc2Cl)cc1OCC. The molecule has 3 rings (SSSR count). The Balaban J connectivity index is 1.72. The van der Waals surface area contributed by atoms with Gasteiger partial charge in [-0.15, -0.1) is 0 Å². The number of rotatable bonds is 9. The maximum Gasteiger partial charge on any atom is 0.263 e. The quantitative estimate of drug-likeness (QED) is 0.557. The summed E-state index contributed by atoms with van der Waals surface area (Å²) in [5.41, 5.74) is 1.01. The number of hydrogen-bond donors (Lipinski definition) is 1. The van der Waals surface area contributed by atoms with Gasteiger partial charge in [0, 0.05) is 5.56 Å². The summed E-state index contributed by atoms with van der Waals surface area (Å²) >= 11 is 6.02. The fourth-order valence-corrected chi connectivity index (χ4v) is 2.72. The number of halogens is 1. The van der Waals surface area contributed by atoms with Gasteiger partial charge < -0.3 is 19.5 Å². The molecule has 8 nitrogen and oxygen atoms in total. The van der Waals surface area contributed by atoms with Gasteiger partial charge >= 0.3 is 0 Å². The molecule has 152 valence electrons. The van der Waals surface area contributed by atoms with Gasteiger partial charge in [-0.05, 0) is 54.5 Å². The van der Waals surface area contributed by atoms with Gasteiger partial charge in [0.25, 0.3) is 5.91 Å². The number of nitrogens with zero attached hydrogens (tertiary/aromatic N) is 2. The number of para-hydroxylation sites is 1. The lowest BCUT2D eigenvalue weighted by Gasteiger charge is -2.12. The molecular formula is C20H20ClN3O5. The van der Waals surface area contributed by atoms with Crippen molar-refractivity contribution < 1.29 is 23.6 Å². The van der Waals surface area contributed by atoms with Crippen molar-refractivity contribution in [2.75, 3.05) is 25.1 Å². The number of anilines is 1. The molecule has 1 amide bonds. The zero-order chi connectivity index (χ0) is 20.6. The monoisotopic (exact) mass is 417 g/mol. The Kier molecular flexibility index (Phi) is 6.91. The van der Waals surface area contributed by atoms with Crippen molar-refractivity contribution in [2.24, 2.45) is 0 Å². The Morgan fingerprint density at radius 3 is 2.52 bits per heavy atom. The third-order valence-corrected chi connectivity index (χ3v) is 4.07. The van der Waals surface area contributed by atoms with Crippen LogP contribution in [0.25, 0.3) is 11.3 Å². The Bertz CT molecular complexity index is 976. The lowest BCUT2D eigenvalue weighted by molar-refractivity contribution is -0.118. The molecule has 2 aromatic carbocycles. The maximum atomic E-state index is 12.3. The van der Waals surface area contributed by atoms with E-state index in [1.165, 1.54) is 0 Å². The normalized spacial score (nSPS) is 10.4. The second-order valence-electron chi connectivity index (χ2n) is 5.76. The Labute approximate surface area is 172 Å². The summed E-state index contributed by atoms with van der Waals surface area (Å²) in [7, 11) is 0. The number of nitrogens with one attached hydrogen (secondary N) is 1. The van der Waals surface area contributed by atoms with E-state index < -0.39 is 5.91 Å². The van der Waals surface area contributed by atoms with Crippen molar-refractivity contribution in [1.29, 1.82) is 0 Å². The zero-order valence-electron chi connectivity index (χ0n) is 16.0. The van der Waals surface area contributed by atoms with Gasteiger partial charge in [0.15, 0.2) is 23.8 Å². The third kappa shape index (κ3) is 5.17. The molecule has 0 fully saturated rings. The van der Waals surface area contributed by atoms with Crippen LogP contribution >= 0.6 is 11.6 Å². The average molecular weight is 418 g/mol. The number of aromatic nitrogens is 2. The largest absolute Gasteiger partial charge is 0.490 e. The van der Waals surface area contributed by atoms with Crippen LogP contribution in [0.4, 0.5) is 5.82 Å². The average Bonchev–Trinajstić information content (AvgIpc) is 3.17. The fraction of sp³-hybridized carbons (Fsp3) is 0.250. The second-order valence-corrected chi connectivity index (χ2v) is 6.16. The molecule has 0 unspecified atom stereocenters. The summed E-state index contributed by atoms with van der Waals surface area (Å²) in [6.45, 7) is 4.51. The van der Waals surface area contributed by atoms with E-state index in [0.29, 0.717) is 46.7 Å². The number of amides is 1. The van der Waals surface area contributed by atoms with Crippen LogP contribution in [0.5, 0.6) is 17.2 Å². The van der Waals surface area contributed by atoms with Crippen LogP contribution in [0.2, 0.25) is 5.02 Å². The Hall–Kier alpha value is -3.26. The maximum absolute atomic E-state index is 12.3. The summed E-state index contributed by atoms with van der Waals surface area (Å²) in [5, 5.41) is 10.7. The van der Waals surface area contributed by atoms with Gasteiger partial charge in [-0.3, -0.25) is 4.79 Å². The van der Waals surface area contributed by atoms with Crippen LogP contribution in [-0.4, -0.2) is 36.0 Å². The molecular weight excluding hydrogens is 398 g/mol. The van der Waals surface area contributed by atoms with Crippen LogP contribution in [0.3, 0.4) is 0 Å². The minimum atomic E-state index is -0.433. The van der Waals surface area contributed by atoms with E-state index in [2.05, 4.69) is 15.6 Å². The van der Waals surface area contributed by atoms with Crippen LogP contribution in [0.1, 0.15) is 13.8 Å². The van der Waals surface area contributed by atoms with Crippen molar-refractivity contribution in [2.45, 2.75) is 13.8 Å². The van der Waals surface area contributed by atoms with Gasteiger partial charge in [0.05, 0.1) is 18.2 Å². The molecule has 29 heavy (non-hydrogen) atoms. The van der Waals surface area contributed by atoms with E-state index in [9.17, 15) is 4.79 Å². The zero-order valence-corrected chi connectivity index (χ0v) is 16.7. The van der Waals surface area contributed by atoms with E-state index >= 15 is 0 Å². The first-order valence-electron chi connectivity index (χ1n) is 9.02. The van der Waals surface area contributed by atoms with E-state index in [-0.39, 0.29) is 12.4 Å². The predicted molar refractivity (Wildman–Crippen MR) is 108 cm³/mol. The summed E-state index contributed by atoms with van der Waals surface area (Å²) in [6.07, 6.45) is 0. The Morgan fingerprint density at radius 1 is 1.00 bits per heavy atom. The van der Waals surface area contributed by atoms with Crippen molar-refractivity contribution >= 4 is 23.3 Å². The lowest BCUT2D eigenvalue weighted by atomic mass is 10.1. The van der Waals surface area contributed by atoms with Crippen LogP contribution in [0, 0.1) is 0 Å². The molecule has 0 spiro atoms.